The zero-order chi connectivity index (χ0) is 26.5. The van der Waals surface area contributed by atoms with E-state index in [1.165, 1.54) is 16.7 Å². The minimum absolute atomic E-state index is 0.101. The van der Waals surface area contributed by atoms with Crippen LogP contribution >= 0.6 is 0 Å². The first-order chi connectivity index (χ1) is 17.0. The predicted octanol–water partition coefficient (Wildman–Crippen LogP) is 6.94. The molecule has 0 saturated carbocycles. The van der Waals surface area contributed by atoms with Crippen LogP contribution in [0.5, 0.6) is 5.75 Å². The molecule has 1 atom stereocenters. The number of amides is 1. The van der Waals surface area contributed by atoms with Crippen molar-refractivity contribution in [1.29, 1.82) is 0 Å². The molecule has 0 fully saturated rings. The fourth-order valence-corrected chi connectivity index (χ4v) is 4.13. The molecule has 0 bridgehead atoms. The summed E-state index contributed by atoms with van der Waals surface area (Å²) in [5.41, 5.74) is 6.42. The number of ether oxygens (including phenoxy) is 1. The summed E-state index contributed by atoms with van der Waals surface area (Å²) in [7, 11) is 0. The lowest BCUT2D eigenvalue weighted by Gasteiger charge is -2.24. The summed E-state index contributed by atoms with van der Waals surface area (Å²) in [5.74, 6) is -0.210. The Morgan fingerprint density at radius 1 is 0.944 bits per heavy atom. The van der Waals surface area contributed by atoms with E-state index < -0.39 is 5.97 Å². The first-order valence-electron chi connectivity index (χ1n) is 12.4. The van der Waals surface area contributed by atoms with Crippen LogP contribution in [0, 0.1) is 12.8 Å². The Morgan fingerprint density at radius 3 is 2.11 bits per heavy atom. The Hall–Kier alpha value is -3.60. The van der Waals surface area contributed by atoms with Crippen LogP contribution in [0.4, 0.5) is 0 Å². The molecule has 0 saturated heterocycles. The number of carbonyl (C=O) groups excluding carboxylic acids is 1. The molecule has 3 aromatic carbocycles. The van der Waals surface area contributed by atoms with Gasteiger partial charge in [-0.25, -0.2) is 0 Å². The van der Waals surface area contributed by atoms with Gasteiger partial charge in [0.15, 0.2) is 0 Å². The fraction of sp³-hybridized carbons (Fsp3) is 0.355. The summed E-state index contributed by atoms with van der Waals surface area (Å²) in [4.78, 5) is 22.9. The lowest BCUT2D eigenvalue weighted by atomic mass is 9.86. The molecule has 0 aliphatic carbocycles. The van der Waals surface area contributed by atoms with Gasteiger partial charge in [-0.2, -0.15) is 0 Å². The maximum Gasteiger partial charge on any atom is 0.305 e. The average molecular weight is 488 g/mol. The van der Waals surface area contributed by atoms with Gasteiger partial charge in [-0.1, -0.05) is 77.1 Å². The predicted molar refractivity (Wildman–Crippen MR) is 145 cm³/mol. The van der Waals surface area contributed by atoms with Crippen molar-refractivity contribution < 1.29 is 19.4 Å². The molecule has 0 aromatic heterocycles. The number of aliphatic carboxylic acids is 1. The zero-order valence-electron chi connectivity index (χ0n) is 22.1. The molecular weight excluding hydrogens is 450 g/mol. The molecule has 0 radical (unpaired) electrons. The second-order valence-electron chi connectivity index (χ2n) is 10.6. The van der Waals surface area contributed by atoms with Crippen LogP contribution in [0.3, 0.4) is 0 Å². The third-order valence-electron chi connectivity index (χ3n) is 6.25. The minimum atomic E-state index is -0.940. The largest absolute Gasteiger partial charge is 0.485 e. The van der Waals surface area contributed by atoms with Gasteiger partial charge in [0.2, 0.25) is 0 Å². The van der Waals surface area contributed by atoms with E-state index in [4.69, 9.17) is 9.84 Å². The minimum Gasteiger partial charge on any atom is -0.485 e. The number of hydrogen-bond acceptors (Lipinski definition) is 3. The van der Waals surface area contributed by atoms with Crippen LogP contribution in [0.25, 0.3) is 11.1 Å². The highest BCUT2D eigenvalue weighted by atomic mass is 16.5. The van der Waals surface area contributed by atoms with Crippen molar-refractivity contribution in [2.24, 2.45) is 5.92 Å². The van der Waals surface area contributed by atoms with Gasteiger partial charge in [-0.3, -0.25) is 9.59 Å². The van der Waals surface area contributed by atoms with Gasteiger partial charge in [-0.15, -0.1) is 0 Å². The zero-order valence-corrected chi connectivity index (χ0v) is 22.1. The van der Waals surface area contributed by atoms with E-state index in [1.54, 1.807) is 12.1 Å². The Balaban J connectivity index is 1.73. The van der Waals surface area contributed by atoms with E-state index in [9.17, 15) is 9.59 Å². The number of rotatable bonds is 9. The van der Waals surface area contributed by atoms with Gasteiger partial charge < -0.3 is 15.2 Å². The molecule has 1 amide bonds. The Morgan fingerprint density at radius 2 is 1.58 bits per heavy atom. The topological polar surface area (TPSA) is 75.6 Å². The summed E-state index contributed by atoms with van der Waals surface area (Å²) in [6, 6.07) is 22.3. The van der Waals surface area contributed by atoms with Crippen LogP contribution in [0.15, 0.2) is 66.7 Å². The van der Waals surface area contributed by atoms with Crippen molar-refractivity contribution in [3.8, 4) is 16.9 Å². The van der Waals surface area contributed by atoms with Gasteiger partial charge in [0, 0.05) is 12.1 Å². The molecular formula is C31H37NO4. The number of carboxylic acid groups (broad SMARTS) is 1. The molecule has 0 heterocycles. The van der Waals surface area contributed by atoms with Gasteiger partial charge in [0.05, 0.1) is 6.42 Å². The molecule has 3 aromatic rings. The van der Waals surface area contributed by atoms with Crippen molar-refractivity contribution in [3.63, 3.8) is 0 Å². The SMILES string of the molecule is Cc1cc(OC(c2ccc(C(=O)NCCC(=O)O)cc2)C(C)C)ccc1-c1ccc(C(C)(C)C)cc1. The van der Waals surface area contributed by atoms with Crippen LogP contribution in [0.2, 0.25) is 0 Å². The third kappa shape index (κ3) is 6.97. The van der Waals surface area contributed by atoms with Crippen LogP contribution in [-0.2, 0) is 10.2 Å². The Labute approximate surface area is 214 Å². The van der Waals surface area contributed by atoms with E-state index in [0.29, 0.717) is 5.56 Å². The van der Waals surface area contributed by atoms with Gasteiger partial charge in [0.1, 0.15) is 11.9 Å². The van der Waals surface area contributed by atoms with Gasteiger partial charge in [0.25, 0.3) is 5.91 Å². The molecule has 190 valence electrons. The van der Waals surface area contributed by atoms with Crippen molar-refractivity contribution in [2.45, 2.75) is 59.5 Å². The monoisotopic (exact) mass is 487 g/mol. The first kappa shape index (κ1) is 27.0. The van der Waals surface area contributed by atoms with Crippen LogP contribution in [0.1, 0.15) is 74.2 Å². The Kier molecular flexibility index (Phi) is 8.57. The number of hydrogen-bond donors (Lipinski definition) is 2. The number of carbonyl (C=O) groups is 2. The molecule has 1 unspecified atom stereocenters. The fourth-order valence-electron chi connectivity index (χ4n) is 4.13. The summed E-state index contributed by atoms with van der Waals surface area (Å²) >= 11 is 0. The molecule has 3 rings (SSSR count). The normalized spacial score (nSPS) is 12.3. The van der Waals surface area contributed by atoms with Crippen LogP contribution in [-0.4, -0.2) is 23.5 Å². The number of benzene rings is 3. The van der Waals surface area contributed by atoms with E-state index in [-0.39, 0.29) is 36.3 Å². The van der Waals surface area contributed by atoms with Gasteiger partial charge >= 0.3 is 5.97 Å². The van der Waals surface area contributed by atoms with E-state index in [0.717, 1.165) is 16.9 Å². The third-order valence-corrected chi connectivity index (χ3v) is 6.25. The highest BCUT2D eigenvalue weighted by Crippen LogP contribution is 2.33. The highest BCUT2D eigenvalue weighted by Gasteiger charge is 2.19. The molecule has 0 aliphatic heterocycles. The van der Waals surface area contributed by atoms with Crippen LogP contribution < -0.4 is 10.1 Å². The first-order valence-corrected chi connectivity index (χ1v) is 12.4. The molecule has 0 spiro atoms. The lowest BCUT2D eigenvalue weighted by molar-refractivity contribution is -0.136. The maximum absolute atomic E-state index is 12.3. The van der Waals surface area contributed by atoms with Crippen molar-refractivity contribution in [2.75, 3.05) is 6.54 Å². The van der Waals surface area contributed by atoms with E-state index >= 15 is 0 Å². The second kappa shape index (κ2) is 11.4. The standard InChI is InChI=1S/C31H37NO4/c1-20(2)29(23-7-9-24(10-8-23)30(35)32-18-17-28(33)34)36-26-15-16-27(21(3)19-26)22-11-13-25(14-12-22)31(4,5)6/h7-16,19-20,29H,17-18H2,1-6H3,(H,32,35)(H,33,34). The summed E-state index contributed by atoms with van der Waals surface area (Å²) in [6.45, 7) is 13.1. The summed E-state index contributed by atoms with van der Waals surface area (Å²) in [5, 5.41) is 11.4. The Bertz CT molecular complexity index is 1190. The molecule has 2 N–H and O–H groups in total. The quantitative estimate of drug-likeness (QED) is 0.343. The molecule has 36 heavy (non-hydrogen) atoms. The molecule has 5 heteroatoms. The van der Waals surface area contributed by atoms with E-state index in [1.807, 2.05) is 18.2 Å². The van der Waals surface area contributed by atoms with Crippen molar-refractivity contribution >= 4 is 11.9 Å². The lowest BCUT2D eigenvalue weighted by Crippen LogP contribution is -2.26. The van der Waals surface area contributed by atoms with Crippen molar-refractivity contribution in [1.82, 2.24) is 5.32 Å². The van der Waals surface area contributed by atoms with Gasteiger partial charge in [-0.05, 0) is 70.3 Å². The summed E-state index contributed by atoms with van der Waals surface area (Å²) in [6.07, 6.45) is -0.279. The number of carboxylic acids is 1. The maximum atomic E-state index is 12.3. The summed E-state index contributed by atoms with van der Waals surface area (Å²) < 4.78 is 6.42. The second-order valence-corrected chi connectivity index (χ2v) is 10.6. The molecule has 0 aliphatic rings. The number of aryl methyl sites for hydroxylation is 1. The average Bonchev–Trinajstić information content (AvgIpc) is 2.82. The van der Waals surface area contributed by atoms with E-state index in [2.05, 4.69) is 83.3 Å². The highest BCUT2D eigenvalue weighted by molar-refractivity contribution is 5.94. The molecule has 5 nitrogen and oxygen atoms in total. The number of nitrogens with one attached hydrogen (secondary N) is 1. The smallest absolute Gasteiger partial charge is 0.305 e. The van der Waals surface area contributed by atoms with Crippen molar-refractivity contribution in [3.05, 3.63) is 89.0 Å².